The molecule has 27 heavy (non-hydrogen) atoms. The molecule has 7 heteroatoms. The van der Waals surface area contributed by atoms with Crippen molar-refractivity contribution in [2.24, 2.45) is 0 Å². The molecule has 0 aromatic heterocycles. The van der Waals surface area contributed by atoms with Gasteiger partial charge in [-0.05, 0) is 48.1 Å². The molecule has 144 valence electrons. The smallest absolute Gasteiger partial charge is 0.309 e. The van der Waals surface area contributed by atoms with Crippen LogP contribution in [0.3, 0.4) is 0 Å². The van der Waals surface area contributed by atoms with E-state index in [0.717, 1.165) is 24.0 Å². The van der Waals surface area contributed by atoms with Crippen LogP contribution in [-0.2, 0) is 26.0 Å². The molecule has 1 unspecified atom stereocenters. The Morgan fingerprint density at radius 1 is 1.22 bits per heavy atom. The molecule has 0 bridgehead atoms. The van der Waals surface area contributed by atoms with Crippen LogP contribution >= 0.6 is 11.6 Å². The topological polar surface area (TPSA) is 63.7 Å². The lowest BCUT2D eigenvalue weighted by Gasteiger charge is -2.32. The zero-order valence-corrected chi connectivity index (χ0v) is 16.7. The molecule has 3 rings (SSSR count). The van der Waals surface area contributed by atoms with Crippen LogP contribution in [0.1, 0.15) is 29.9 Å². The van der Waals surface area contributed by atoms with Gasteiger partial charge in [-0.3, -0.25) is 4.79 Å². The fraction of sp³-hybridized carbons (Fsp3) is 0.350. The third kappa shape index (κ3) is 4.69. The van der Waals surface area contributed by atoms with E-state index in [9.17, 15) is 13.2 Å². The highest BCUT2D eigenvalue weighted by Gasteiger charge is 2.31. The van der Waals surface area contributed by atoms with Gasteiger partial charge in [0.1, 0.15) is 0 Å². The number of hydrogen-bond acceptors (Lipinski definition) is 4. The molecule has 0 saturated carbocycles. The molecule has 0 aliphatic carbocycles. The molecule has 1 aliphatic heterocycles. The largest absolute Gasteiger partial charge is 0.469 e. The minimum absolute atomic E-state index is 0.0882. The number of nitrogens with zero attached hydrogens (tertiary/aromatic N) is 1. The summed E-state index contributed by atoms with van der Waals surface area (Å²) in [6.07, 6.45) is 1.90. The van der Waals surface area contributed by atoms with Gasteiger partial charge in [0.15, 0.2) is 0 Å². The zero-order chi connectivity index (χ0) is 19.4. The van der Waals surface area contributed by atoms with Crippen LogP contribution in [0.4, 0.5) is 0 Å². The fourth-order valence-electron chi connectivity index (χ4n) is 3.41. The second-order valence-corrected chi connectivity index (χ2v) is 9.03. The maximum absolute atomic E-state index is 13.0. The average Bonchev–Trinajstić information content (AvgIpc) is 2.68. The zero-order valence-electron chi connectivity index (χ0n) is 15.1. The summed E-state index contributed by atoms with van der Waals surface area (Å²) in [5, 5.41) is 0.403. The van der Waals surface area contributed by atoms with E-state index in [1.165, 1.54) is 17.5 Å². The van der Waals surface area contributed by atoms with Gasteiger partial charge >= 0.3 is 5.97 Å². The summed E-state index contributed by atoms with van der Waals surface area (Å²) >= 11 is 5.96. The second-order valence-electron chi connectivity index (χ2n) is 6.66. The van der Waals surface area contributed by atoms with Crippen molar-refractivity contribution in [3.05, 3.63) is 64.7 Å². The Balaban J connectivity index is 1.80. The molecule has 1 aliphatic rings. The Kier molecular flexibility index (Phi) is 6.19. The van der Waals surface area contributed by atoms with Crippen LogP contribution in [0.2, 0.25) is 5.02 Å². The minimum Gasteiger partial charge on any atom is -0.469 e. The maximum atomic E-state index is 13.0. The van der Waals surface area contributed by atoms with Gasteiger partial charge in [-0.2, -0.15) is 4.31 Å². The van der Waals surface area contributed by atoms with E-state index in [1.807, 2.05) is 24.3 Å². The lowest BCUT2D eigenvalue weighted by molar-refractivity contribution is -0.139. The van der Waals surface area contributed by atoms with Crippen LogP contribution < -0.4 is 0 Å². The summed E-state index contributed by atoms with van der Waals surface area (Å²) in [5.41, 5.74) is 1.91. The van der Waals surface area contributed by atoms with Crippen molar-refractivity contribution in [2.75, 3.05) is 20.2 Å². The van der Waals surface area contributed by atoms with Crippen molar-refractivity contribution >= 4 is 27.6 Å². The molecule has 1 heterocycles. The van der Waals surface area contributed by atoms with Crippen LogP contribution in [0, 0.1) is 0 Å². The van der Waals surface area contributed by atoms with Crippen LogP contribution in [0.25, 0.3) is 0 Å². The molecule has 5 nitrogen and oxygen atoms in total. The molecule has 2 aromatic carbocycles. The van der Waals surface area contributed by atoms with Gasteiger partial charge in [0.25, 0.3) is 0 Å². The first kappa shape index (κ1) is 19.9. The van der Waals surface area contributed by atoms with Gasteiger partial charge < -0.3 is 4.74 Å². The minimum atomic E-state index is -3.58. The normalized spacial score (nSPS) is 18.2. The summed E-state index contributed by atoms with van der Waals surface area (Å²) in [6, 6.07) is 14.1. The maximum Gasteiger partial charge on any atom is 0.309 e. The van der Waals surface area contributed by atoms with E-state index in [1.54, 1.807) is 18.2 Å². The van der Waals surface area contributed by atoms with Crippen LogP contribution in [0.15, 0.2) is 53.4 Å². The van der Waals surface area contributed by atoms with Crippen molar-refractivity contribution in [1.29, 1.82) is 0 Å². The number of esters is 1. The van der Waals surface area contributed by atoms with E-state index in [4.69, 9.17) is 16.3 Å². The summed E-state index contributed by atoms with van der Waals surface area (Å²) in [6.45, 7) is 0.906. The number of methoxy groups -OCH3 is 1. The van der Waals surface area contributed by atoms with E-state index >= 15 is 0 Å². The second kappa shape index (κ2) is 8.42. The van der Waals surface area contributed by atoms with Crippen molar-refractivity contribution in [3.63, 3.8) is 0 Å². The number of halogens is 1. The van der Waals surface area contributed by atoms with E-state index in [2.05, 4.69) is 0 Å². The lowest BCUT2D eigenvalue weighted by atomic mass is 9.90. The third-order valence-electron chi connectivity index (χ3n) is 4.82. The number of carbonyl (C=O) groups excluding carboxylic acids is 1. The van der Waals surface area contributed by atoms with Crippen molar-refractivity contribution in [3.8, 4) is 0 Å². The quantitative estimate of drug-likeness (QED) is 0.710. The van der Waals surface area contributed by atoms with Gasteiger partial charge in [0, 0.05) is 18.1 Å². The van der Waals surface area contributed by atoms with Gasteiger partial charge in [-0.25, -0.2) is 8.42 Å². The number of rotatable bonds is 5. The molecule has 0 N–H and O–H groups in total. The predicted molar refractivity (Wildman–Crippen MR) is 104 cm³/mol. The Morgan fingerprint density at radius 3 is 2.74 bits per heavy atom. The molecule has 0 spiro atoms. The lowest BCUT2D eigenvalue weighted by Crippen LogP contribution is -2.39. The molecule has 0 radical (unpaired) electrons. The van der Waals surface area contributed by atoms with Gasteiger partial charge in [0.2, 0.25) is 10.0 Å². The summed E-state index contributed by atoms with van der Waals surface area (Å²) in [4.78, 5) is 11.7. The number of ether oxygens (including phenoxy) is 1. The standard InChI is InChI=1S/C20H22ClNO4S/c1-26-20(23)12-15-5-2-6-16(11-15)17-7-4-10-22(14-17)27(24,25)19-9-3-8-18(21)13-19/h2-3,5-6,8-9,11,13,17H,4,7,10,12,14H2,1H3. The predicted octanol–water partition coefficient (Wildman–Crippen LogP) is 3.62. The Hall–Kier alpha value is -1.89. The number of hydrogen-bond donors (Lipinski definition) is 0. The van der Waals surface area contributed by atoms with Gasteiger partial charge in [-0.1, -0.05) is 41.9 Å². The van der Waals surface area contributed by atoms with Crippen molar-refractivity contribution in [2.45, 2.75) is 30.1 Å². The highest BCUT2D eigenvalue weighted by Crippen LogP contribution is 2.31. The third-order valence-corrected chi connectivity index (χ3v) is 6.91. The Morgan fingerprint density at radius 2 is 2.00 bits per heavy atom. The highest BCUT2D eigenvalue weighted by molar-refractivity contribution is 7.89. The fourth-order valence-corrected chi connectivity index (χ4v) is 5.23. The summed E-state index contributed by atoms with van der Waals surface area (Å²) < 4.78 is 32.2. The molecule has 1 saturated heterocycles. The first-order valence-electron chi connectivity index (χ1n) is 8.81. The van der Waals surface area contributed by atoms with Crippen molar-refractivity contribution in [1.82, 2.24) is 4.31 Å². The first-order valence-corrected chi connectivity index (χ1v) is 10.6. The van der Waals surface area contributed by atoms with E-state index < -0.39 is 10.0 Å². The van der Waals surface area contributed by atoms with Gasteiger partial charge in [-0.15, -0.1) is 0 Å². The van der Waals surface area contributed by atoms with E-state index in [0.29, 0.717) is 18.1 Å². The number of sulfonamides is 1. The Labute approximate surface area is 165 Å². The Bertz CT molecular complexity index is 929. The first-order chi connectivity index (χ1) is 12.9. The average molecular weight is 408 g/mol. The SMILES string of the molecule is COC(=O)Cc1cccc(C2CCCN(S(=O)(=O)c3cccc(Cl)c3)C2)c1. The highest BCUT2D eigenvalue weighted by atomic mass is 35.5. The van der Waals surface area contributed by atoms with Crippen LogP contribution in [-0.4, -0.2) is 38.9 Å². The number of carbonyl (C=O) groups is 1. The molecular formula is C20H22ClNO4S. The molecule has 2 aromatic rings. The number of benzene rings is 2. The number of piperidine rings is 1. The van der Waals surface area contributed by atoms with Crippen molar-refractivity contribution < 1.29 is 17.9 Å². The summed E-state index contributed by atoms with van der Waals surface area (Å²) in [7, 11) is -2.22. The monoisotopic (exact) mass is 407 g/mol. The molecule has 0 amide bonds. The summed E-state index contributed by atoms with van der Waals surface area (Å²) in [5.74, 6) is -0.203. The van der Waals surface area contributed by atoms with E-state index in [-0.39, 0.29) is 23.2 Å². The van der Waals surface area contributed by atoms with Gasteiger partial charge in [0.05, 0.1) is 18.4 Å². The molecule has 1 fully saturated rings. The molecule has 1 atom stereocenters. The molecular weight excluding hydrogens is 386 g/mol. The van der Waals surface area contributed by atoms with Crippen LogP contribution in [0.5, 0.6) is 0 Å².